The van der Waals surface area contributed by atoms with Gasteiger partial charge in [-0.2, -0.15) is 4.99 Å². The van der Waals surface area contributed by atoms with E-state index in [1.807, 2.05) is 44.2 Å². The van der Waals surface area contributed by atoms with Crippen molar-refractivity contribution in [1.29, 1.82) is 0 Å². The molecule has 0 rings (SSSR count). The fraction of sp³-hybridized carbons (Fsp3) is 0.118. The standard InChI is InChI=1S/C17H19NO/c1-5-9-11-12-15(7-3)16(8-4)17(18-14-19)13-10-6-2/h5-13H,2,4H2,1,3H3/b9-5-,12-11-,13-10-,15-7?,17-16-. The van der Waals surface area contributed by atoms with Crippen LogP contribution in [0, 0.1) is 0 Å². The van der Waals surface area contributed by atoms with Gasteiger partial charge in [0.25, 0.3) is 0 Å². The van der Waals surface area contributed by atoms with Gasteiger partial charge in [0.15, 0.2) is 0 Å². The Morgan fingerprint density at radius 3 is 2.32 bits per heavy atom. The van der Waals surface area contributed by atoms with Gasteiger partial charge >= 0.3 is 0 Å². The maximum absolute atomic E-state index is 10.5. The smallest absolute Gasteiger partial charge is 0.211 e. The van der Waals surface area contributed by atoms with Crippen LogP contribution in [0.5, 0.6) is 0 Å². The van der Waals surface area contributed by atoms with Crippen LogP contribution in [0.15, 0.2) is 89.7 Å². The quantitative estimate of drug-likeness (QED) is 0.371. The number of nitrogens with zero attached hydrogens (tertiary/aromatic N) is 1. The van der Waals surface area contributed by atoms with E-state index in [4.69, 9.17) is 0 Å². The summed E-state index contributed by atoms with van der Waals surface area (Å²) >= 11 is 0. The van der Waals surface area contributed by atoms with Gasteiger partial charge < -0.3 is 0 Å². The van der Waals surface area contributed by atoms with Crippen molar-refractivity contribution >= 4 is 6.08 Å². The van der Waals surface area contributed by atoms with Crippen LogP contribution in [0.4, 0.5) is 0 Å². The highest BCUT2D eigenvalue weighted by Crippen LogP contribution is 2.19. The molecule has 0 aliphatic carbocycles. The molecule has 0 aromatic heterocycles. The van der Waals surface area contributed by atoms with E-state index < -0.39 is 0 Å². The highest BCUT2D eigenvalue weighted by Gasteiger charge is 2.03. The Balaban J connectivity index is 5.77. The molecule has 0 amide bonds. The third-order valence-electron chi connectivity index (χ3n) is 2.24. The van der Waals surface area contributed by atoms with Crippen LogP contribution in [0.2, 0.25) is 0 Å². The summed E-state index contributed by atoms with van der Waals surface area (Å²) < 4.78 is 0. The van der Waals surface area contributed by atoms with Crippen LogP contribution in [-0.2, 0) is 4.79 Å². The normalized spacial score (nSPS) is 13.7. The van der Waals surface area contributed by atoms with Gasteiger partial charge in [0.05, 0.1) is 5.70 Å². The van der Waals surface area contributed by atoms with Crippen molar-refractivity contribution in [3.8, 4) is 0 Å². The summed E-state index contributed by atoms with van der Waals surface area (Å²) in [5, 5.41) is 0. The lowest BCUT2D eigenvalue weighted by Gasteiger charge is -2.05. The third kappa shape index (κ3) is 6.16. The average Bonchev–Trinajstić information content (AvgIpc) is 2.43. The lowest BCUT2D eigenvalue weighted by molar-refractivity contribution is 0.565. The minimum absolute atomic E-state index is 0.503. The minimum Gasteiger partial charge on any atom is -0.211 e. The molecule has 0 heterocycles. The Labute approximate surface area is 115 Å². The molecule has 0 spiro atoms. The van der Waals surface area contributed by atoms with E-state index in [2.05, 4.69) is 18.2 Å². The topological polar surface area (TPSA) is 29.4 Å². The zero-order valence-electron chi connectivity index (χ0n) is 11.5. The Hall–Kier alpha value is -2.44. The molecule has 0 saturated carbocycles. The van der Waals surface area contributed by atoms with Gasteiger partial charge in [-0.3, -0.25) is 0 Å². The van der Waals surface area contributed by atoms with E-state index in [0.717, 1.165) is 11.1 Å². The Morgan fingerprint density at radius 2 is 1.84 bits per heavy atom. The van der Waals surface area contributed by atoms with Gasteiger partial charge in [-0.05, 0) is 25.5 Å². The van der Waals surface area contributed by atoms with Crippen LogP contribution < -0.4 is 0 Å². The lowest BCUT2D eigenvalue weighted by Crippen LogP contribution is -1.88. The average molecular weight is 253 g/mol. The first kappa shape index (κ1) is 16.6. The maximum Gasteiger partial charge on any atom is 0.240 e. The van der Waals surface area contributed by atoms with Gasteiger partial charge in [-0.1, -0.05) is 61.8 Å². The Kier molecular flexibility index (Phi) is 9.32. The van der Waals surface area contributed by atoms with E-state index >= 15 is 0 Å². The molecule has 2 nitrogen and oxygen atoms in total. The molecule has 0 fully saturated rings. The molecule has 0 bridgehead atoms. The van der Waals surface area contributed by atoms with Gasteiger partial charge in [-0.15, -0.1) is 0 Å². The van der Waals surface area contributed by atoms with Crippen LogP contribution in [-0.4, -0.2) is 6.08 Å². The summed E-state index contributed by atoms with van der Waals surface area (Å²) in [6, 6.07) is 0. The summed E-state index contributed by atoms with van der Waals surface area (Å²) in [7, 11) is 0. The molecule has 0 aromatic rings. The van der Waals surface area contributed by atoms with Gasteiger partial charge in [-0.25, -0.2) is 4.79 Å². The van der Waals surface area contributed by atoms with Crippen molar-refractivity contribution in [1.82, 2.24) is 0 Å². The van der Waals surface area contributed by atoms with Crippen molar-refractivity contribution in [3.63, 3.8) is 0 Å². The molecule has 19 heavy (non-hydrogen) atoms. The molecule has 0 aliphatic heterocycles. The van der Waals surface area contributed by atoms with Crippen molar-refractivity contribution in [3.05, 3.63) is 84.7 Å². The predicted octanol–water partition coefficient (Wildman–Crippen LogP) is 4.58. The first-order valence-corrected chi connectivity index (χ1v) is 5.94. The van der Waals surface area contributed by atoms with E-state index in [9.17, 15) is 4.79 Å². The molecular weight excluding hydrogens is 234 g/mol. The van der Waals surface area contributed by atoms with Gasteiger partial charge in [0.2, 0.25) is 6.08 Å². The predicted molar refractivity (Wildman–Crippen MR) is 82.4 cm³/mol. The second-order valence-electron chi connectivity index (χ2n) is 3.43. The maximum atomic E-state index is 10.5. The molecular formula is C17H19NO. The zero-order chi connectivity index (χ0) is 14.5. The van der Waals surface area contributed by atoms with Gasteiger partial charge in [0.1, 0.15) is 0 Å². The van der Waals surface area contributed by atoms with Crippen molar-refractivity contribution in [2.45, 2.75) is 13.8 Å². The summed E-state index contributed by atoms with van der Waals surface area (Å²) in [6.07, 6.45) is 17.9. The van der Waals surface area contributed by atoms with E-state index in [-0.39, 0.29) is 0 Å². The number of allylic oxidation sites excluding steroid dienone is 11. The van der Waals surface area contributed by atoms with Crippen LogP contribution in [0.1, 0.15) is 13.8 Å². The molecule has 98 valence electrons. The molecule has 2 heteroatoms. The zero-order valence-corrected chi connectivity index (χ0v) is 11.5. The number of rotatable bonds is 7. The van der Waals surface area contributed by atoms with Crippen molar-refractivity contribution in [2.75, 3.05) is 0 Å². The number of hydrogen-bond acceptors (Lipinski definition) is 2. The SMILES string of the molecule is C=C/C=C\C(N=C=O)=C(/C=C)C(=CC)/C=C\C=C/C. The minimum atomic E-state index is 0.503. The number of carbonyl (C=O) groups excluding carboxylic acids is 1. The largest absolute Gasteiger partial charge is 0.240 e. The summed E-state index contributed by atoms with van der Waals surface area (Å²) in [5.74, 6) is 0. The molecule has 0 radical (unpaired) electrons. The van der Waals surface area contributed by atoms with E-state index in [0.29, 0.717) is 5.70 Å². The fourth-order valence-corrected chi connectivity index (χ4v) is 1.38. The molecule has 0 N–H and O–H groups in total. The summed E-state index contributed by atoms with van der Waals surface area (Å²) in [4.78, 5) is 14.2. The second kappa shape index (κ2) is 10.7. The lowest BCUT2D eigenvalue weighted by atomic mass is 10.0. The summed E-state index contributed by atoms with van der Waals surface area (Å²) in [6.45, 7) is 11.2. The molecule has 0 aromatic carbocycles. The fourth-order valence-electron chi connectivity index (χ4n) is 1.38. The Morgan fingerprint density at radius 1 is 1.11 bits per heavy atom. The van der Waals surface area contributed by atoms with Crippen molar-refractivity contribution in [2.24, 2.45) is 4.99 Å². The Bertz CT molecular complexity index is 507. The monoisotopic (exact) mass is 253 g/mol. The third-order valence-corrected chi connectivity index (χ3v) is 2.24. The molecule has 0 aliphatic rings. The number of aliphatic imine (C=N–C) groups is 1. The summed E-state index contributed by atoms with van der Waals surface area (Å²) in [5.41, 5.74) is 2.20. The van der Waals surface area contributed by atoms with Crippen molar-refractivity contribution < 1.29 is 4.79 Å². The highest BCUT2D eigenvalue weighted by atomic mass is 16.1. The second-order valence-corrected chi connectivity index (χ2v) is 3.43. The molecule has 0 atom stereocenters. The van der Waals surface area contributed by atoms with E-state index in [1.165, 1.54) is 0 Å². The van der Waals surface area contributed by atoms with Gasteiger partial charge in [0, 0.05) is 5.57 Å². The first-order valence-electron chi connectivity index (χ1n) is 5.94. The van der Waals surface area contributed by atoms with Crippen LogP contribution >= 0.6 is 0 Å². The highest BCUT2D eigenvalue weighted by molar-refractivity contribution is 5.54. The number of isocyanates is 1. The molecule has 0 unspecified atom stereocenters. The molecule has 0 saturated heterocycles. The number of hydrogen-bond donors (Lipinski definition) is 0. The van der Waals surface area contributed by atoms with Crippen LogP contribution in [0.3, 0.4) is 0 Å². The first-order chi connectivity index (χ1) is 9.24. The van der Waals surface area contributed by atoms with E-state index in [1.54, 1.807) is 30.4 Å². The van der Waals surface area contributed by atoms with Crippen LogP contribution in [0.25, 0.3) is 0 Å².